The molecule has 1 fully saturated rings. The van der Waals surface area contributed by atoms with Gasteiger partial charge in [-0.05, 0) is 30.3 Å². The Balaban J connectivity index is 1.69. The number of nitrogens with zero attached hydrogens (tertiary/aromatic N) is 1. The highest BCUT2D eigenvalue weighted by Crippen LogP contribution is 2.24. The molecule has 2 heterocycles. The minimum Gasteiger partial charge on any atom is -0.378 e. The normalized spacial score (nSPS) is 16.7. The molecule has 3 rings (SSSR count). The average molecular weight is 358 g/mol. The van der Waals surface area contributed by atoms with Gasteiger partial charge < -0.3 is 20.7 Å². The van der Waals surface area contributed by atoms with Crippen LogP contribution in [0.3, 0.4) is 0 Å². The molecule has 1 saturated heterocycles. The van der Waals surface area contributed by atoms with Gasteiger partial charge in [0.1, 0.15) is 11.5 Å². The van der Waals surface area contributed by atoms with Crippen molar-refractivity contribution in [1.29, 1.82) is 0 Å². The van der Waals surface area contributed by atoms with Gasteiger partial charge in [0.05, 0.1) is 24.6 Å². The fourth-order valence-electron chi connectivity index (χ4n) is 2.59. The van der Waals surface area contributed by atoms with Crippen molar-refractivity contribution in [3.05, 3.63) is 54.1 Å². The molecule has 0 saturated carbocycles. The molecule has 1 atom stereocenters. The third kappa shape index (κ3) is 4.84. The van der Waals surface area contributed by atoms with Gasteiger partial charge in [-0.15, -0.1) is 0 Å². The smallest absolute Gasteiger partial charge is 0.274 e. The van der Waals surface area contributed by atoms with E-state index in [4.69, 9.17) is 4.74 Å². The Hall–Kier alpha value is -2.84. The number of rotatable bonds is 5. The molecular formula is C18H19FN4O3. The van der Waals surface area contributed by atoms with Gasteiger partial charge in [-0.25, -0.2) is 4.39 Å². The van der Waals surface area contributed by atoms with Crippen LogP contribution >= 0.6 is 0 Å². The zero-order valence-electron chi connectivity index (χ0n) is 14.0. The second-order valence-electron chi connectivity index (χ2n) is 5.84. The summed E-state index contributed by atoms with van der Waals surface area (Å²) in [7, 11) is 0. The number of benzene rings is 1. The maximum atomic E-state index is 13.6. The number of nitrogens with one attached hydrogen (secondary N) is 3. The van der Waals surface area contributed by atoms with E-state index >= 15 is 0 Å². The Morgan fingerprint density at radius 2 is 2.12 bits per heavy atom. The molecule has 1 aromatic carbocycles. The van der Waals surface area contributed by atoms with Crippen LogP contribution < -0.4 is 16.0 Å². The first-order valence-electron chi connectivity index (χ1n) is 8.25. The van der Waals surface area contributed by atoms with Gasteiger partial charge in [-0.1, -0.05) is 6.07 Å². The lowest BCUT2D eigenvalue weighted by atomic mass is 10.1. The van der Waals surface area contributed by atoms with Crippen molar-refractivity contribution in [1.82, 2.24) is 10.3 Å². The van der Waals surface area contributed by atoms with E-state index in [0.29, 0.717) is 25.4 Å². The molecule has 0 spiro atoms. The number of ether oxygens (including phenoxy) is 1. The van der Waals surface area contributed by atoms with Crippen molar-refractivity contribution in [3.8, 4) is 0 Å². The van der Waals surface area contributed by atoms with Gasteiger partial charge in [0.25, 0.3) is 5.91 Å². The topological polar surface area (TPSA) is 92.4 Å². The number of carbonyl (C=O) groups is 2. The molecule has 2 amide bonds. The molecule has 3 N–H and O–H groups in total. The summed E-state index contributed by atoms with van der Waals surface area (Å²) in [4.78, 5) is 28.5. The molecule has 0 aliphatic carbocycles. The van der Waals surface area contributed by atoms with Gasteiger partial charge in [-0.3, -0.25) is 14.6 Å². The maximum absolute atomic E-state index is 13.6. The number of hydrogen-bond acceptors (Lipinski definition) is 5. The van der Waals surface area contributed by atoms with E-state index in [1.54, 1.807) is 18.2 Å². The van der Waals surface area contributed by atoms with Gasteiger partial charge in [0.15, 0.2) is 0 Å². The van der Waals surface area contributed by atoms with Crippen LogP contribution in [0.15, 0.2) is 42.6 Å². The molecule has 0 bridgehead atoms. The largest absolute Gasteiger partial charge is 0.378 e. The van der Waals surface area contributed by atoms with Crippen LogP contribution in [0.25, 0.3) is 0 Å². The fourth-order valence-corrected chi connectivity index (χ4v) is 2.59. The highest BCUT2D eigenvalue weighted by molar-refractivity contribution is 6.06. The van der Waals surface area contributed by atoms with E-state index in [1.807, 2.05) is 0 Å². The number of amides is 2. The Labute approximate surface area is 150 Å². The third-order valence-electron chi connectivity index (χ3n) is 3.83. The summed E-state index contributed by atoms with van der Waals surface area (Å²) in [5, 5.41) is 8.46. The minimum atomic E-state index is -0.518. The molecule has 7 nitrogen and oxygen atoms in total. The van der Waals surface area contributed by atoms with Crippen molar-refractivity contribution in [2.24, 2.45) is 0 Å². The van der Waals surface area contributed by atoms with Crippen molar-refractivity contribution < 1.29 is 18.7 Å². The summed E-state index contributed by atoms with van der Waals surface area (Å²) in [6, 6.07) is 8.62. The van der Waals surface area contributed by atoms with Gasteiger partial charge in [-0.2, -0.15) is 0 Å². The summed E-state index contributed by atoms with van der Waals surface area (Å²) >= 11 is 0. The quantitative estimate of drug-likeness (QED) is 0.758. The molecule has 1 unspecified atom stereocenters. The van der Waals surface area contributed by atoms with Crippen LogP contribution in [0.5, 0.6) is 0 Å². The number of aromatic nitrogens is 1. The summed E-state index contributed by atoms with van der Waals surface area (Å²) in [6.07, 6.45) is 1.69. The van der Waals surface area contributed by atoms with E-state index in [1.165, 1.54) is 18.3 Å². The standard InChI is InChI=1S/C18H19FN4O3/c19-12-4-5-14(23-18(25)15-3-1-2-6-21-15)16(9-12)22-17(24)10-13-11-26-8-7-20-13/h1-6,9,13,20H,7-8,10-11H2,(H,22,24)(H,23,25). The van der Waals surface area contributed by atoms with Crippen LogP contribution in [0.1, 0.15) is 16.9 Å². The number of anilines is 2. The predicted octanol–water partition coefficient (Wildman–Crippen LogP) is 1.79. The lowest BCUT2D eigenvalue weighted by molar-refractivity contribution is -0.117. The summed E-state index contributed by atoms with van der Waals surface area (Å²) in [5.74, 6) is -1.27. The highest BCUT2D eigenvalue weighted by Gasteiger charge is 2.18. The van der Waals surface area contributed by atoms with Crippen molar-refractivity contribution in [3.63, 3.8) is 0 Å². The summed E-state index contributed by atoms with van der Waals surface area (Å²) in [6.45, 7) is 1.74. The van der Waals surface area contributed by atoms with E-state index < -0.39 is 11.7 Å². The number of morpholine rings is 1. The van der Waals surface area contributed by atoms with Crippen molar-refractivity contribution >= 4 is 23.2 Å². The van der Waals surface area contributed by atoms with Crippen LogP contribution in [0, 0.1) is 5.82 Å². The molecule has 136 valence electrons. The third-order valence-corrected chi connectivity index (χ3v) is 3.83. The van der Waals surface area contributed by atoms with Gasteiger partial charge in [0, 0.05) is 25.2 Å². The SMILES string of the molecule is O=C(CC1COCCN1)Nc1cc(F)ccc1NC(=O)c1ccccn1. The summed E-state index contributed by atoms with van der Waals surface area (Å²) in [5.41, 5.74) is 0.705. The first-order valence-corrected chi connectivity index (χ1v) is 8.25. The highest BCUT2D eigenvalue weighted by atomic mass is 19.1. The molecule has 2 aromatic rings. The lowest BCUT2D eigenvalue weighted by Crippen LogP contribution is -2.43. The van der Waals surface area contributed by atoms with E-state index in [9.17, 15) is 14.0 Å². The average Bonchev–Trinajstić information content (AvgIpc) is 2.65. The van der Waals surface area contributed by atoms with E-state index in [-0.39, 0.29) is 29.8 Å². The zero-order chi connectivity index (χ0) is 18.4. The van der Waals surface area contributed by atoms with Crippen LogP contribution in [0.2, 0.25) is 0 Å². The zero-order valence-corrected chi connectivity index (χ0v) is 14.0. The molecule has 1 aromatic heterocycles. The number of hydrogen-bond donors (Lipinski definition) is 3. The number of pyridine rings is 1. The fraction of sp³-hybridized carbons (Fsp3) is 0.278. The molecule has 1 aliphatic heterocycles. The Morgan fingerprint density at radius 3 is 2.85 bits per heavy atom. The lowest BCUT2D eigenvalue weighted by Gasteiger charge is -2.23. The van der Waals surface area contributed by atoms with Gasteiger partial charge in [0.2, 0.25) is 5.91 Å². The molecular weight excluding hydrogens is 339 g/mol. The predicted molar refractivity (Wildman–Crippen MR) is 94.4 cm³/mol. The Bertz CT molecular complexity index is 779. The van der Waals surface area contributed by atoms with E-state index in [2.05, 4.69) is 20.9 Å². The van der Waals surface area contributed by atoms with Crippen LogP contribution in [-0.4, -0.2) is 42.6 Å². The first kappa shape index (κ1) is 18.0. The number of halogens is 1. The molecule has 1 aliphatic rings. The van der Waals surface area contributed by atoms with Gasteiger partial charge >= 0.3 is 0 Å². The van der Waals surface area contributed by atoms with Crippen molar-refractivity contribution in [2.45, 2.75) is 12.5 Å². The second kappa shape index (κ2) is 8.50. The van der Waals surface area contributed by atoms with Crippen molar-refractivity contribution in [2.75, 3.05) is 30.4 Å². The Morgan fingerprint density at radius 1 is 1.23 bits per heavy atom. The second-order valence-corrected chi connectivity index (χ2v) is 5.84. The van der Waals surface area contributed by atoms with E-state index in [0.717, 1.165) is 6.07 Å². The number of carbonyl (C=O) groups excluding carboxylic acids is 2. The maximum Gasteiger partial charge on any atom is 0.274 e. The first-order chi connectivity index (χ1) is 12.6. The minimum absolute atomic E-state index is 0.0936. The van der Waals surface area contributed by atoms with Crippen LogP contribution in [-0.2, 0) is 9.53 Å². The molecule has 8 heteroatoms. The monoisotopic (exact) mass is 358 g/mol. The summed E-state index contributed by atoms with van der Waals surface area (Å²) < 4.78 is 18.9. The molecule has 0 radical (unpaired) electrons. The van der Waals surface area contributed by atoms with Crippen LogP contribution in [0.4, 0.5) is 15.8 Å². The Kier molecular flexibility index (Phi) is 5.88. The molecule has 26 heavy (non-hydrogen) atoms.